The molecule has 0 bridgehead atoms. The first kappa shape index (κ1) is 14.4. The van der Waals surface area contributed by atoms with Crippen LogP contribution in [0.4, 0.5) is 0 Å². The van der Waals surface area contributed by atoms with Crippen molar-refractivity contribution >= 4 is 27.8 Å². The number of hydrogen-bond acceptors (Lipinski definition) is 3. The van der Waals surface area contributed by atoms with Gasteiger partial charge in [-0.3, -0.25) is 0 Å². The van der Waals surface area contributed by atoms with Gasteiger partial charge < -0.3 is 4.74 Å². The van der Waals surface area contributed by atoms with E-state index in [1.165, 1.54) is 0 Å². The lowest BCUT2D eigenvalue weighted by atomic mass is 10.0. The van der Waals surface area contributed by atoms with Crippen molar-refractivity contribution in [2.24, 2.45) is 0 Å². The van der Waals surface area contributed by atoms with Gasteiger partial charge in [-0.2, -0.15) is 0 Å². The monoisotopic (exact) mass is 313 g/mol. The Bertz CT molecular complexity index is 998. The molecule has 3 heteroatoms. The zero-order valence-electron chi connectivity index (χ0n) is 13.2. The van der Waals surface area contributed by atoms with Gasteiger partial charge in [-0.25, -0.2) is 9.78 Å². The van der Waals surface area contributed by atoms with Crippen LogP contribution < -0.4 is 4.74 Å². The van der Waals surface area contributed by atoms with Gasteiger partial charge in [0.15, 0.2) is 0 Å². The van der Waals surface area contributed by atoms with E-state index in [9.17, 15) is 4.79 Å². The Hall–Kier alpha value is -3.20. The van der Waals surface area contributed by atoms with Crippen LogP contribution >= 0.6 is 0 Å². The third-order valence-corrected chi connectivity index (χ3v) is 4.02. The Morgan fingerprint density at radius 2 is 1.33 bits per heavy atom. The van der Waals surface area contributed by atoms with E-state index in [1.807, 2.05) is 67.6 Å². The largest absolute Gasteiger partial charge is 0.423 e. The van der Waals surface area contributed by atoms with E-state index in [2.05, 4.69) is 4.98 Å². The summed E-state index contributed by atoms with van der Waals surface area (Å²) in [6.07, 6.45) is 0. The Balaban J connectivity index is 1.89. The molecule has 3 nitrogen and oxygen atoms in total. The summed E-state index contributed by atoms with van der Waals surface area (Å²) in [5, 5.41) is 1.60. The quantitative estimate of drug-likeness (QED) is 0.300. The van der Waals surface area contributed by atoms with Crippen molar-refractivity contribution in [1.82, 2.24) is 4.98 Å². The molecule has 0 aliphatic carbocycles. The first-order chi connectivity index (χ1) is 11.7. The lowest BCUT2D eigenvalue weighted by Gasteiger charge is -2.10. The Labute approximate surface area is 139 Å². The highest BCUT2D eigenvalue weighted by Gasteiger charge is 2.17. The van der Waals surface area contributed by atoms with Gasteiger partial charge >= 0.3 is 5.97 Å². The average molecular weight is 313 g/mol. The van der Waals surface area contributed by atoms with Crippen molar-refractivity contribution in [3.63, 3.8) is 0 Å². The van der Waals surface area contributed by atoms with Crippen LogP contribution in [0.3, 0.4) is 0 Å². The van der Waals surface area contributed by atoms with E-state index in [0.29, 0.717) is 11.3 Å². The highest BCUT2D eigenvalue weighted by Crippen LogP contribution is 2.27. The van der Waals surface area contributed by atoms with E-state index < -0.39 is 0 Å². The predicted octanol–water partition coefficient (Wildman–Crippen LogP) is 4.92. The van der Waals surface area contributed by atoms with Crippen molar-refractivity contribution in [3.8, 4) is 5.75 Å². The summed E-state index contributed by atoms with van der Waals surface area (Å²) in [6, 6.07) is 22.7. The van der Waals surface area contributed by atoms with Gasteiger partial charge in [0.05, 0.1) is 16.6 Å². The molecule has 3 aromatic carbocycles. The standard InChI is InChI=1S/C21H15NO2/c1-14-10-12-15(13-11-14)24-21(23)20-16-6-2-4-8-18(16)22-19-9-5-3-7-17(19)20/h2-13H,1H3. The van der Waals surface area contributed by atoms with Crippen LogP contribution in [0.1, 0.15) is 15.9 Å². The van der Waals surface area contributed by atoms with E-state index >= 15 is 0 Å². The van der Waals surface area contributed by atoms with Crippen LogP contribution in [0.5, 0.6) is 5.75 Å². The fourth-order valence-corrected chi connectivity index (χ4v) is 2.82. The molecule has 0 aliphatic heterocycles. The van der Waals surface area contributed by atoms with Crippen LogP contribution in [0, 0.1) is 6.92 Å². The maximum absolute atomic E-state index is 12.9. The van der Waals surface area contributed by atoms with Crippen LogP contribution in [-0.4, -0.2) is 11.0 Å². The van der Waals surface area contributed by atoms with Crippen molar-refractivity contribution in [1.29, 1.82) is 0 Å². The third kappa shape index (κ3) is 2.50. The molecule has 0 saturated carbocycles. The number of benzene rings is 3. The van der Waals surface area contributed by atoms with E-state index in [0.717, 1.165) is 27.4 Å². The first-order valence-electron chi connectivity index (χ1n) is 7.79. The second-order valence-corrected chi connectivity index (χ2v) is 5.72. The number of fused-ring (bicyclic) bond motifs is 2. The summed E-state index contributed by atoms with van der Waals surface area (Å²) in [5.74, 6) is 0.171. The van der Waals surface area contributed by atoms with Gasteiger partial charge in [0, 0.05) is 10.8 Å². The Morgan fingerprint density at radius 3 is 1.92 bits per heavy atom. The van der Waals surface area contributed by atoms with Gasteiger partial charge in [0.25, 0.3) is 0 Å². The smallest absolute Gasteiger partial charge is 0.344 e. The van der Waals surface area contributed by atoms with Gasteiger partial charge in [0.1, 0.15) is 5.75 Å². The number of esters is 1. The number of carbonyl (C=O) groups excluding carboxylic acids is 1. The summed E-state index contributed by atoms with van der Waals surface area (Å²) in [7, 11) is 0. The van der Waals surface area contributed by atoms with Crippen LogP contribution in [0.2, 0.25) is 0 Å². The number of hydrogen-bond donors (Lipinski definition) is 0. The minimum Gasteiger partial charge on any atom is -0.423 e. The topological polar surface area (TPSA) is 39.2 Å². The average Bonchev–Trinajstić information content (AvgIpc) is 2.61. The second-order valence-electron chi connectivity index (χ2n) is 5.72. The van der Waals surface area contributed by atoms with Crippen molar-refractivity contribution in [2.45, 2.75) is 6.92 Å². The lowest BCUT2D eigenvalue weighted by Crippen LogP contribution is -2.10. The lowest BCUT2D eigenvalue weighted by molar-refractivity contribution is 0.0739. The molecule has 0 fully saturated rings. The van der Waals surface area contributed by atoms with Gasteiger partial charge in [-0.1, -0.05) is 54.1 Å². The molecule has 0 N–H and O–H groups in total. The number of carbonyl (C=O) groups is 1. The number of ether oxygens (including phenoxy) is 1. The number of para-hydroxylation sites is 2. The number of pyridine rings is 1. The number of aryl methyl sites for hydroxylation is 1. The van der Waals surface area contributed by atoms with Gasteiger partial charge in [-0.05, 0) is 31.2 Å². The molecule has 0 radical (unpaired) electrons. The number of rotatable bonds is 2. The normalized spacial score (nSPS) is 10.9. The van der Waals surface area contributed by atoms with Gasteiger partial charge in [0.2, 0.25) is 0 Å². The molecule has 0 unspecified atom stereocenters. The number of nitrogens with zero attached hydrogens (tertiary/aromatic N) is 1. The summed E-state index contributed by atoms with van der Waals surface area (Å²) in [6.45, 7) is 2.00. The summed E-state index contributed by atoms with van der Waals surface area (Å²) in [4.78, 5) is 17.5. The summed E-state index contributed by atoms with van der Waals surface area (Å²) >= 11 is 0. The fraction of sp³-hybridized carbons (Fsp3) is 0.0476. The van der Waals surface area contributed by atoms with Gasteiger partial charge in [-0.15, -0.1) is 0 Å². The zero-order valence-corrected chi connectivity index (χ0v) is 13.2. The van der Waals surface area contributed by atoms with E-state index in [1.54, 1.807) is 12.1 Å². The minimum atomic E-state index is -0.367. The molecular weight excluding hydrogens is 298 g/mol. The second kappa shape index (κ2) is 5.78. The van der Waals surface area contributed by atoms with E-state index in [4.69, 9.17) is 4.74 Å². The molecule has 0 aliphatic rings. The molecular formula is C21H15NO2. The van der Waals surface area contributed by atoms with Crippen molar-refractivity contribution in [3.05, 3.63) is 83.9 Å². The molecule has 0 amide bonds. The maximum atomic E-state index is 12.9. The minimum absolute atomic E-state index is 0.367. The molecule has 1 aromatic heterocycles. The van der Waals surface area contributed by atoms with E-state index in [-0.39, 0.29) is 5.97 Å². The molecule has 0 saturated heterocycles. The molecule has 0 atom stereocenters. The third-order valence-electron chi connectivity index (χ3n) is 4.02. The Kier molecular flexibility index (Phi) is 3.47. The molecule has 116 valence electrons. The molecule has 24 heavy (non-hydrogen) atoms. The van der Waals surface area contributed by atoms with Crippen molar-refractivity contribution < 1.29 is 9.53 Å². The molecule has 1 heterocycles. The zero-order chi connectivity index (χ0) is 16.5. The fourth-order valence-electron chi connectivity index (χ4n) is 2.82. The maximum Gasteiger partial charge on any atom is 0.344 e. The number of aromatic nitrogens is 1. The molecule has 0 spiro atoms. The highest BCUT2D eigenvalue weighted by atomic mass is 16.5. The van der Waals surface area contributed by atoms with Crippen LogP contribution in [0.15, 0.2) is 72.8 Å². The Morgan fingerprint density at radius 1 is 0.792 bits per heavy atom. The van der Waals surface area contributed by atoms with Crippen molar-refractivity contribution in [2.75, 3.05) is 0 Å². The first-order valence-corrected chi connectivity index (χ1v) is 7.79. The molecule has 4 rings (SSSR count). The molecule has 4 aromatic rings. The van der Waals surface area contributed by atoms with Crippen LogP contribution in [-0.2, 0) is 0 Å². The SMILES string of the molecule is Cc1ccc(OC(=O)c2c3ccccc3nc3ccccc23)cc1. The van der Waals surface area contributed by atoms with Crippen LogP contribution in [0.25, 0.3) is 21.8 Å². The highest BCUT2D eigenvalue weighted by molar-refractivity contribution is 6.14. The summed E-state index contributed by atoms with van der Waals surface area (Å²) in [5.41, 5.74) is 3.24. The summed E-state index contributed by atoms with van der Waals surface area (Å²) < 4.78 is 5.60. The predicted molar refractivity (Wildman–Crippen MR) is 95.4 cm³/mol.